The fourth-order valence-corrected chi connectivity index (χ4v) is 3.70. The quantitative estimate of drug-likeness (QED) is 0.630. The predicted octanol–water partition coefficient (Wildman–Crippen LogP) is 5.42. The normalized spacial score (nSPS) is 15.5. The van der Waals surface area contributed by atoms with Crippen LogP contribution in [0, 0.1) is 6.92 Å². The minimum Gasteiger partial charge on any atom is -0.316 e. The average Bonchev–Trinajstić information content (AvgIpc) is 2.82. The predicted molar refractivity (Wildman–Crippen MR) is 100 cm³/mol. The number of aromatic nitrogens is 1. The van der Waals surface area contributed by atoms with E-state index >= 15 is 0 Å². The van der Waals surface area contributed by atoms with E-state index in [2.05, 4.69) is 96.2 Å². The minimum atomic E-state index is -0.237. The van der Waals surface area contributed by atoms with Crippen LogP contribution in [0.2, 0.25) is 0 Å². The van der Waals surface area contributed by atoms with Crippen molar-refractivity contribution >= 4 is 22.7 Å². The van der Waals surface area contributed by atoms with Gasteiger partial charge in [-0.1, -0.05) is 36.4 Å². The number of hydrogen-bond acceptors (Lipinski definition) is 3. The van der Waals surface area contributed by atoms with Crippen LogP contribution in [0.4, 0.5) is 22.7 Å². The van der Waals surface area contributed by atoms with E-state index in [-0.39, 0.29) is 5.66 Å². The van der Waals surface area contributed by atoms with Crippen LogP contribution < -0.4 is 9.80 Å². The van der Waals surface area contributed by atoms with Gasteiger partial charge in [0.05, 0.1) is 17.6 Å². The summed E-state index contributed by atoms with van der Waals surface area (Å²) in [7, 11) is 0. The number of pyridine rings is 1. The van der Waals surface area contributed by atoms with Crippen molar-refractivity contribution < 1.29 is 0 Å². The molecular weight excluding hydrogens is 294 g/mol. The van der Waals surface area contributed by atoms with Gasteiger partial charge in [-0.15, -0.1) is 0 Å². The van der Waals surface area contributed by atoms with Crippen molar-refractivity contribution in [1.82, 2.24) is 4.98 Å². The highest BCUT2D eigenvalue weighted by Gasteiger charge is 2.44. The van der Waals surface area contributed by atoms with Crippen LogP contribution in [-0.2, 0) is 0 Å². The molecule has 0 unspecified atom stereocenters. The summed E-state index contributed by atoms with van der Waals surface area (Å²) in [5.41, 5.74) is 5.76. The molecule has 1 aliphatic heterocycles. The highest BCUT2D eigenvalue weighted by Crippen LogP contribution is 2.52. The first-order valence-electron chi connectivity index (χ1n) is 8.26. The molecule has 0 fully saturated rings. The Morgan fingerprint density at radius 3 is 2.21 bits per heavy atom. The highest BCUT2D eigenvalue weighted by atomic mass is 15.5. The molecule has 3 heteroatoms. The summed E-state index contributed by atoms with van der Waals surface area (Å²) in [6, 6.07) is 21.2. The van der Waals surface area contributed by atoms with Gasteiger partial charge in [0.15, 0.2) is 0 Å². The Hall–Kier alpha value is -2.81. The Bertz CT molecular complexity index is 871. The van der Waals surface area contributed by atoms with Gasteiger partial charge in [-0.3, -0.25) is 4.98 Å². The molecule has 24 heavy (non-hydrogen) atoms. The number of para-hydroxylation sites is 2. The fraction of sp³-hybridized carbons (Fsp3) is 0.190. The smallest absolute Gasteiger partial charge is 0.116 e. The number of fused-ring (bicyclic) bond motifs is 1. The standard InChI is InChI=1S/C21H21N3/c1-16-9-7-8-12-18(16)24-19-13-14-22-15-20(19)23(21(24,2)3)17-10-5-4-6-11-17/h4-15H,1-3H3. The molecule has 0 saturated carbocycles. The van der Waals surface area contributed by atoms with E-state index in [0.717, 1.165) is 5.69 Å². The number of aryl methyl sites for hydroxylation is 1. The van der Waals surface area contributed by atoms with Gasteiger partial charge in [0, 0.05) is 17.6 Å². The van der Waals surface area contributed by atoms with E-state index < -0.39 is 0 Å². The molecule has 0 saturated heterocycles. The van der Waals surface area contributed by atoms with E-state index in [1.807, 2.05) is 12.4 Å². The second-order valence-corrected chi connectivity index (χ2v) is 6.65. The highest BCUT2D eigenvalue weighted by molar-refractivity contribution is 5.89. The van der Waals surface area contributed by atoms with Gasteiger partial charge in [0.25, 0.3) is 0 Å². The van der Waals surface area contributed by atoms with Gasteiger partial charge in [0.1, 0.15) is 5.66 Å². The van der Waals surface area contributed by atoms with Crippen molar-refractivity contribution in [3.8, 4) is 0 Å². The lowest BCUT2D eigenvalue weighted by Gasteiger charge is -2.41. The third-order valence-corrected chi connectivity index (χ3v) is 4.72. The molecule has 0 bridgehead atoms. The molecule has 4 rings (SSSR count). The fourth-order valence-electron chi connectivity index (χ4n) is 3.70. The zero-order valence-electron chi connectivity index (χ0n) is 14.3. The van der Waals surface area contributed by atoms with E-state index in [0.29, 0.717) is 0 Å². The molecule has 1 aliphatic rings. The summed E-state index contributed by atoms with van der Waals surface area (Å²) in [4.78, 5) is 9.15. The molecule has 1 aromatic heterocycles. The lowest BCUT2D eigenvalue weighted by Crippen LogP contribution is -2.48. The molecule has 2 heterocycles. The molecule has 0 spiro atoms. The zero-order chi connectivity index (χ0) is 16.7. The molecule has 0 amide bonds. The number of rotatable bonds is 2. The third-order valence-electron chi connectivity index (χ3n) is 4.72. The van der Waals surface area contributed by atoms with Gasteiger partial charge < -0.3 is 9.80 Å². The summed E-state index contributed by atoms with van der Waals surface area (Å²) in [5, 5.41) is 0. The van der Waals surface area contributed by atoms with E-state index in [1.165, 1.54) is 22.6 Å². The maximum Gasteiger partial charge on any atom is 0.116 e. The van der Waals surface area contributed by atoms with Crippen molar-refractivity contribution in [1.29, 1.82) is 0 Å². The monoisotopic (exact) mass is 315 g/mol. The van der Waals surface area contributed by atoms with Crippen LogP contribution in [0.15, 0.2) is 73.1 Å². The van der Waals surface area contributed by atoms with Crippen LogP contribution >= 0.6 is 0 Å². The number of hydrogen-bond donors (Lipinski definition) is 0. The van der Waals surface area contributed by atoms with Gasteiger partial charge in [-0.2, -0.15) is 0 Å². The summed E-state index contributed by atoms with van der Waals surface area (Å²) >= 11 is 0. The van der Waals surface area contributed by atoms with Crippen molar-refractivity contribution in [2.45, 2.75) is 26.4 Å². The molecule has 3 nitrogen and oxygen atoms in total. The van der Waals surface area contributed by atoms with Crippen LogP contribution in [0.1, 0.15) is 19.4 Å². The van der Waals surface area contributed by atoms with Gasteiger partial charge >= 0.3 is 0 Å². The van der Waals surface area contributed by atoms with Crippen molar-refractivity contribution in [2.75, 3.05) is 9.80 Å². The van der Waals surface area contributed by atoms with E-state index in [9.17, 15) is 0 Å². The average molecular weight is 315 g/mol. The Labute approximate surface area is 143 Å². The largest absolute Gasteiger partial charge is 0.316 e. The topological polar surface area (TPSA) is 19.4 Å². The number of nitrogens with zero attached hydrogens (tertiary/aromatic N) is 3. The molecule has 0 N–H and O–H groups in total. The zero-order valence-corrected chi connectivity index (χ0v) is 14.3. The van der Waals surface area contributed by atoms with Gasteiger partial charge in [-0.25, -0.2) is 0 Å². The molecule has 0 radical (unpaired) electrons. The second kappa shape index (κ2) is 5.38. The van der Waals surface area contributed by atoms with Crippen LogP contribution in [0.25, 0.3) is 0 Å². The Balaban J connectivity index is 1.96. The minimum absolute atomic E-state index is 0.237. The Morgan fingerprint density at radius 1 is 0.750 bits per heavy atom. The lowest BCUT2D eigenvalue weighted by atomic mass is 10.1. The van der Waals surface area contributed by atoms with Gasteiger partial charge in [0.2, 0.25) is 0 Å². The molecule has 2 aromatic carbocycles. The maximum atomic E-state index is 4.38. The molecule has 0 atom stereocenters. The summed E-state index contributed by atoms with van der Waals surface area (Å²) < 4.78 is 0. The van der Waals surface area contributed by atoms with E-state index in [4.69, 9.17) is 0 Å². The van der Waals surface area contributed by atoms with Crippen LogP contribution in [0.3, 0.4) is 0 Å². The summed E-state index contributed by atoms with van der Waals surface area (Å²) in [5.74, 6) is 0. The lowest BCUT2D eigenvalue weighted by molar-refractivity contribution is 0.539. The van der Waals surface area contributed by atoms with Crippen molar-refractivity contribution in [3.05, 3.63) is 78.6 Å². The van der Waals surface area contributed by atoms with Gasteiger partial charge in [-0.05, 0) is 50.6 Å². The SMILES string of the molecule is Cc1ccccc1N1c2ccncc2N(c2ccccc2)C1(C)C. The number of benzene rings is 2. The Kier molecular flexibility index (Phi) is 3.31. The maximum absolute atomic E-state index is 4.38. The molecular formula is C21H21N3. The van der Waals surface area contributed by atoms with Crippen LogP contribution in [-0.4, -0.2) is 10.6 Å². The van der Waals surface area contributed by atoms with Crippen LogP contribution in [0.5, 0.6) is 0 Å². The third kappa shape index (κ3) is 2.08. The summed E-state index contributed by atoms with van der Waals surface area (Å²) in [6.45, 7) is 6.68. The number of anilines is 4. The first-order chi connectivity index (χ1) is 11.6. The Morgan fingerprint density at radius 2 is 1.46 bits per heavy atom. The molecule has 3 aromatic rings. The van der Waals surface area contributed by atoms with Crippen molar-refractivity contribution in [3.63, 3.8) is 0 Å². The molecule has 0 aliphatic carbocycles. The molecule has 120 valence electrons. The van der Waals surface area contributed by atoms with Crippen molar-refractivity contribution in [2.24, 2.45) is 0 Å². The first-order valence-corrected chi connectivity index (χ1v) is 8.26. The second-order valence-electron chi connectivity index (χ2n) is 6.65. The first kappa shape index (κ1) is 14.8. The van der Waals surface area contributed by atoms with E-state index in [1.54, 1.807) is 0 Å². The summed E-state index contributed by atoms with van der Waals surface area (Å²) in [6.07, 6.45) is 3.83.